The van der Waals surface area contributed by atoms with Crippen LogP contribution in [0.15, 0.2) is 30.6 Å². The van der Waals surface area contributed by atoms with E-state index in [0.717, 1.165) is 24.5 Å². The summed E-state index contributed by atoms with van der Waals surface area (Å²) in [6.45, 7) is 3.87. The van der Waals surface area contributed by atoms with Gasteiger partial charge in [0.2, 0.25) is 0 Å². The third kappa shape index (κ3) is 3.85. The van der Waals surface area contributed by atoms with E-state index in [2.05, 4.69) is 20.2 Å². The van der Waals surface area contributed by atoms with Gasteiger partial charge >= 0.3 is 0 Å². The zero-order valence-corrected chi connectivity index (χ0v) is 14.5. The Bertz CT molecular complexity index is 709. The van der Waals surface area contributed by atoms with Crippen LogP contribution in [-0.4, -0.2) is 29.0 Å². The second kappa shape index (κ2) is 7.62. The number of anilines is 2. The first-order valence-electron chi connectivity index (χ1n) is 8.28. The molecule has 2 aromatic rings. The van der Waals surface area contributed by atoms with E-state index < -0.39 is 0 Å². The van der Waals surface area contributed by atoms with Crippen LogP contribution in [0.3, 0.4) is 0 Å². The van der Waals surface area contributed by atoms with Gasteiger partial charge in [-0.1, -0.05) is 30.5 Å². The van der Waals surface area contributed by atoms with Crippen molar-refractivity contribution in [3.63, 3.8) is 0 Å². The number of aromatic nitrogens is 2. The van der Waals surface area contributed by atoms with E-state index >= 15 is 0 Å². The van der Waals surface area contributed by atoms with Crippen molar-refractivity contribution < 1.29 is 4.79 Å². The second-order valence-electron chi connectivity index (χ2n) is 6.03. The van der Waals surface area contributed by atoms with Crippen LogP contribution >= 0.6 is 11.6 Å². The van der Waals surface area contributed by atoms with Crippen LogP contribution < -0.4 is 10.2 Å². The third-order valence-electron chi connectivity index (χ3n) is 4.32. The van der Waals surface area contributed by atoms with Gasteiger partial charge in [-0.05, 0) is 37.5 Å². The fourth-order valence-corrected chi connectivity index (χ4v) is 3.01. The van der Waals surface area contributed by atoms with Crippen molar-refractivity contribution in [2.24, 2.45) is 0 Å². The van der Waals surface area contributed by atoms with Crippen LogP contribution in [-0.2, 0) is 0 Å². The maximum atomic E-state index is 12.3. The fourth-order valence-electron chi connectivity index (χ4n) is 2.83. The minimum absolute atomic E-state index is 0.282. The first kappa shape index (κ1) is 16.7. The fraction of sp³-hybridized carbons (Fsp3) is 0.389. The highest BCUT2D eigenvalue weighted by molar-refractivity contribution is 6.31. The summed E-state index contributed by atoms with van der Waals surface area (Å²) in [4.78, 5) is 23.3. The quantitative estimate of drug-likeness (QED) is 0.911. The summed E-state index contributed by atoms with van der Waals surface area (Å²) in [6, 6.07) is 5.42. The summed E-state index contributed by atoms with van der Waals surface area (Å²) in [5.74, 6) is 0.558. The smallest absolute Gasteiger partial charge is 0.275 e. The Morgan fingerprint density at radius 1 is 1.12 bits per heavy atom. The van der Waals surface area contributed by atoms with E-state index in [0.29, 0.717) is 16.4 Å². The molecule has 0 spiro atoms. The molecular formula is C18H21ClN4O. The molecule has 0 radical (unpaired) electrons. The molecule has 0 unspecified atom stereocenters. The van der Waals surface area contributed by atoms with Gasteiger partial charge < -0.3 is 10.2 Å². The summed E-state index contributed by atoms with van der Waals surface area (Å²) < 4.78 is 0. The molecular weight excluding hydrogens is 324 g/mol. The van der Waals surface area contributed by atoms with Gasteiger partial charge in [0.1, 0.15) is 11.5 Å². The lowest BCUT2D eigenvalue weighted by Gasteiger charge is -2.20. The van der Waals surface area contributed by atoms with Crippen LogP contribution in [0.4, 0.5) is 11.5 Å². The van der Waals surface area contributed by atoms with Crippen LogP contribution in [0.5, 0.6) is 0 Å². The van der Waals surface area contributed by atoms with Crippen LogP contribution in [0.1, 0.15) is 41.7 Å². The molecule has 0 saturated carbocycles. The summed E-state index contributed by atoms with van der Waals surface area (Å²) in [5, 5.41) is 3.46. The van der Waals surface area contributed by atoms with Gasteiger partial charge in [0.15, 0.2) is 0 Å². The van der Waals surface area contributed by atoms with E-state index in [1.165, 1.54) is 31.9 Å². The molecule has 5 nitrogen and oxygen atoms in total. The molecule has 1 aromatic carbocycles. The lowest BCUT2D eigenvalue weighted by Crippen LogP contribution is -2.25. The Balaban J connectivity index is 1.70. The predicted molar refractivity (Wildman–Crippen MR) is 96.9 cm³/mol. The number of nitrogens with zero attached hydrogens (tertiary/aromatic N) is 3. The van der Waals surface area contributed by atoms with Gasteiger partial charge in [0.25, 0.3) is 5.91 Å². The van der Waals surface area contributed by atoms with Gasteiger partial charge in [0, 0.05) is 23.8 Å². The van der Waals surface area contributed by atoms with Crippen LogP contribution in [0, 0.1) is 6.92 Å². The number of amides is 1. The molecule has 1 aliphatic rings. The summed E-state index contributed by atoms with van der Waals surface area (Å²) in [6.07, 6.45) is 8.11. The van der Waals surface area contributed by atoms with E-state index in [9.17, 15) is 4.79 Å². The minimum Gasteiger partial charge on any atom is -0.355 e. The van der Waals surface area contributed by atoms with E-state index in [4.69, 9.17) is 11.6 Å². The molecule has 1 saturated heterocycles. The SMILES string of the molecule is Cc1c(Cl)cccc1NC(=O)c1cnc(N2CCCCCC2)cn1. The van der Waals surface area contributed by atoms with Crippen LogP contribution in [0.25, 0.3) is 0 Å². The molecule has 0 atom stereocenters. The monoisotopic (exact) mass is 344 g/mol. The van der Waals surface area contributed by atoms with Crippen molar-refractivity contribution in [2.75, 3.05) is 23.3 Å². The maximum Gasteiger partial charge on any atom is 0.275 e. The molecule has 0 aliphatic carbocycles. The highest BCUT2D eigenvalue weighted by atomic mass is 35.5. The summed E-state index contributed by atoms with van der Waals surface area (Å²) in [7, 11) is 0. The van der Waals surface area contributed by atoms with Crippen molar-refractivity contribution in [1.29, 1.82) is 0 Å². The Morgan fingerprint density at radius 3 is 2.54 bits per heavy atom. The third-order valence-corrected chi connectivity index (χ3v) is 4.73. The molecule has 1 aliphatic heterocycles. The topological polar surface area (TPSA) is 58.1 Å². The average Bonchev–Trinajstić information content (AvgIpc) is 2.88. The number of carbonyl (C=O) groups excluding carboxylic acids is 1. The standard InChI is InChI=1S/C18H21ClN4O/c1-13-14(19)7-6-8-15(13)22-18(24)16-11-21-17(12-20-16)23-9-4-2-3-5-10-23/h6-8,11-12H,2-5,9-10H2,1H3,(H,22,24). The first-order chi connectivity index (χ1) is 11.6. The zero-order valence-electron chi connectivity index (χ0n) is 13.8. The summed E-state index contributed by atoms with van der Waals surface area (Å²) in [5.41, 5.74) is 1.82. The largest absolute Gasteiger partial charge is 0.355 e. The number of rotatable bonds is 3. The number of nitrogens with one attached hydrogen (secondary N) is 1. The Kier molecular flexibility index (Phi) is 5.30. The maximum absolute atomic E-state index is 12.3. The average molecular weight is 345 g/mol. The number of hydrogen-bond acceptors (Lipinski definition) is 4. The second-order valence-corrected chi connectivity index (χ2v) is 6.43. The Hall–Kier alpha value is -2.14. The summed E-state index contributed by atoms with van der Waals surface area (Å²) >= 11 is 6.08. The van der Waals surface area contributed by atoms with Gasteiger partial charge in [-0.15, -0.1) is 0 Å². The van der Waals surface area contributed by atoms with Crippen molar-refractivity contribution in [1.82, 2.24) is 9.97 Å². The number of hydrogen-bond donors (Lipinski definition) is 1. The molecule has 126 valence electrons. The van der Waals surface area contributed by atoms with E-state index in [1.54, 1.807) is 18.3 Å². The molecule has 24 heavy (non-hydrogen) atoms. The van der Waals surface area contributed by atoms with Gasteiger partial charge in [0.05, 0.1) is 12.4 Å². The highest BCUT2D eigenvalue weighted by Gasteiger charge is 2.14. The Labute approximate surface area is 147 Å². The number of carbonyl (C=O) groups is 1. The lowest BCUT2D eigenvalue weighted by atomic mass is 10.2. The molecule has 6 heteroatoms. The molecule has 1 N–H and O–H groups in total. The molecule has 1 amide bonds. The van der Waals surface area contributed by atoms with Gasteiger partial charge in [-0.2, -0.15) is 0 Å². The normalized spacial score (nSPS) is 15.0. The number of benzene rings is 1. The molecule has 1 fully saturated rings. The van der Waals surface area contributed by atoms with E-state index in [-0.39, 0.29) is 5.91 Å². The van der Waals surface area contributed by atoms with Crippen molar-refractivity contribution in [2.45, 2.75) is 32.6 Å². The van der Waals surface area contributed by atoms with Gasteiger partial charge in [-0.3, -0.25) is 4.79 Å². The number of halogens is 1. The van der Waals surface area contributed by atoms with Crippen molar-refractivity contribution >= 4 is 29.0 Å². The molecule has 2 heterocycles. The molecule has 0 bridgehead atoms. The first-order valence-corrected chi connectivity index (χ1v) is 8.66. The minimum atomic E-state index is -0.282. The lowest BCUT2D eigenvalue weighted by molar-refractivity contribution is 0.102. The van der Waals surface area contributed by atoms with Gasteiger partial charge in [-0.25, -0.2) is 9.97 Å². The van der Waals surface area contributed by atoms with Crippen molar-refractivity contribution in [3.05, 3.63) is 46.9 Å². The van der Waals surface area contributed by atoms with E-state index in [1.807, 2.05) is 13.0 Å². The molecule has 3 rings (SSSR count). The zero-order chi connectivity index (χ0) is 16.9. The highest BCUT2D eigenvalue weighted by Crippen LogP contribution is 2.23. The Morgan fingerprint density at radius 2 is 1.88 bits per heavy atom. The van der Waals surface area contributed by atoms with Crippen molar-refractivity contribution in [3.8, 4) is 0 Å². The molecule has 1 aromatic heterocycles. The predicted octanol–water partition coefficient (Wildman–Crippen LogP) is 4.07. The van der Waals surface area contributed by atoms with Crippen LogP contribution in [0.2, 0.25) is 5.02 Å².